The minimum absolute atomic E-state index is 0.0124. The van der Waals surface area contributed by atoms with E-state index in [2.05, 4.69) is 5.32 Å². The third-order valence-corrected chi connectivity index (χ3v) is 4.37. The SMILES string of the molecule is O=C(CCc1ccc(F)cc1)NCC1CC(=O)N(C2CC2)C1. The van der Waals surface area contributed by atoms with E-state index in [0.717, 1.165) is 24.9 Å². The predicted octanol–water partition coefficient (Wildman–Crippen LogP) is 1.89. The summed E-state index contributed by atoms with van der Waals surface area (Å²) in [5.74, 6) is 0.192. The highest BCUT2D eigenvalue weighted by Crippen LogP contribution is 2.32. The molecule has 2 fully saturated rings. The summed E-state index contributed by atoms with van der Waals surface area (Å²) in [6.45, 7) is 1.35. The van der Waals surface area contributed by atoms with Gasteiger partial charge in [0.1, 0.15) is 5.82 Å². The summed E-state index contributed by atoms with van der Waals surface area (Å²) < 4.78 is 12.8. The Labute approximate surface area is 129 Å². The zero-order chi connectivity index (χ0) is 15.5. The van der Waals surface area contributed by atoms with Gasteiger partial charge in [-0.25, -0.2) is 4.39 Å². The second-order valence-corrected chi connectivity index (χ2v) is 6.28. The molecule has 0 radical (unpaired) electrons. The number of halogens is 1. The van der Waals surface area contributed by atoms with Gasteiger partial charge in [0.15, 0.2) is 0 Å². The quantitative estimate of drug-likeness (QED) is 0.872. The molecule has 1 saturated heterocycles. The molecule has 0 aromatic heterocycles. The lowest BCUT2D eigenvalue weighted by Crippen LogP contribution is -2.32. The van der Waals surface area contributed by atoms with Crippen molar-refractivity contribution >= 4 is 11.8 Å². The zero-order valence-electron chi connectivity index (χ0n) is 12.6. The molecule has 1 aliphatic carbocycles. The van der Waals surface area contributed by atoms with Gasteiger partial charge >= 0.3 is 0 Å². The summed E-state index contributed by atoms with van der Waals surface area (Å²) in [6.07, 6.45) is 3.79. The molecule has 1 aliphatic heterocycles. The number of hydrogen-bond acceptors (Lipinski definition) is 2. The molecule has 0 bridgehead atoms. The molecule has 3 rings (SSSR count). The molecule has 0 spiro atoms. The number of hydrogen-bond donors (Lipinski definition) is 1. The molecule has 1 atom stereocenters. The van der Waals surface area contributed by atoms with E-state index in [1.165, 1.54) is 12.1 Å². The first-order valence-corrected chi connectivity index (χ1v) is 7.92. The highest BCUT2D eigenvalue weighted by molar-refractivity contribution is 5.80. The molecule has 1 N–H and O–H groups in total. The van der Waals surface area contributed by atoms with Crippen molar-refractivity contribution < 1.29 is 14.0 Å². The normalized spacial score (nSPS) is 21.2. The maximum atomic E-state index is 12.8. The number of nitrogens with zero attached hydrogens (tertiary/aromatic N) is 1. The molecule has 1 aromatic rings. The van der Waals surface area contributed by atoms with Crippen molar-refractivity contribution in [2.75, 3.05) is 13.1 Å². The molecule has 5 heteroatoms. The van der Waals surface area contributed by atoms with Crippen LogP contribution in [-0.4, -0.2) is 35.8 Å². The Kier molecular flexibility index (Phi) is 4.41. The van der Waals surface area contributed by atoms with E-state index in [1.54, 1.807) is 12.1 Å². The first-order valence-electron chi connectivity index (χ1n) is 7.92. The van der Waals surface area contributed by atoms with Gasteiger partial charge < -0.3 is 10.2 Å². The molecule has 1 heterocycles. The molecular weight excluding hydrogens is 283 g/mol. The first-order chi connectivity index (χ1) is 10.6. The number of benzene rings is 1. The number of nitrogens with one attached hydrogen (secondary N) is 1. The first kappa shape index (κ1) is 15.0. The Morgan fingerprint density at radius 3 is 2.68 bits per heavy atom. The van der Waals surface area contributed by atoms with Crippen molar-refractivity contribution in [2.24, 2.45) is 5.92 Å². The van der Waals surface area contributed by atoms with Gasteiger partial charge in [0.2, 0.25) is 11.8 Å². The van der Waals surface area contributed by atoms with Gasteiger partial charge in [0, 0.05) is 37.9 Å². The van der Waals surface area contributed by atoms with Gasteiger partial charge in [-0.2, -0.15) is 0 Å². The van der Waals surface area contributed by atoms with Crippen molar-refractivity contribution in [3.8, 4) is 0 Å². The van der Waals surface area contributed by atoms with E-state index >= 15 is 0 Å². The average molecular weight is 304 g/mol. The molecular formula is C17H21FN2O2. The van der Waals surface area contributed by atoms with Crippen LogP contribution < -0.4 is 5.32 Å². The minimum atomic E-state index is -0.265. The van der Waals surface area contributed by atoms with Gasteiger partial charge in [-0.05, 0) is 37.0 Å². The fraction of sp³-hybridized carbons (Fsp3) is 0.529. The lowest BCUT2D eigenvalue weighted by Gasteiger charge is -2.15. The number of rotatable bonds is 6. The minimum Gasteiger partial charge on any atom is -0.356 e. The molecule has 4 nitrogen and oxygen atoms in total. The van der Waals surface area contributed by atoms with Crippen molar-refractivity contribution in [3.05, 3.63) is 35.6 Å². The fourth-order valence-corrected chi connectivity index (χ4v) is 2.94. The molecule has 2 aliphatic rings. The van der Waals surface area contributed by atoms with Crippen LogP contribution in [0.4, 0.5) is 4.39 Å². The Morgan fingerprint density at radius 2 is 2.00 bits per heavy atom. The van der Waals surface area contributed by atoms with E-state index in [9.17, 15) is 14.0 Å². The monoisotopic (exact) mass is 304 g/mol. The zero-order valence-corrected chi connectivity index (χ0v) is 12.6. The Hall–Kier alpha value is -1.91. The number of amides is 2. The van der Waals surface area contributed by atoms with E-state index < -0.39 is 0 Å². The Balaban J connectivity index is 1.37. The van der Waals surface area contributed by atoms with Gasteiger partial charge in [0.25, 0.3) is 0 Å². The van der Waals surface area contributed by atoms with Crippen LogP contribution in [0.15, 0.2) is 24.3 Å². The largest absolute Gasteiger partial charge is 0.356 e. The van der Waals surface area contributed by atoms with Crippen LogP contribution in [0.5, 0.6) is 0 Å². The number of carbonyl (C=O) groups excluding carboxylic acids is 2. The molecule has 1 saturated carbocycles. The molecule has 2 amide bonds. The summed E-state index contributed by atoms with van der Waals surface area (Å²) in [5.41, 5.74) is 0.951. The second kappa shape index (κ2) is 6.46. The summed E-state index contributed by atoms with van der Waals surface area (Å²) in [6, 6.07) is 6.68. The van der Waals surface area contributed by atoms with Crippen LogP contribution in [0.25, 0.3) is 0 Å². The van der Waals surface area contributed by atoms with Crippen LogP contribution in [0.1, 0.15) is 31.2 Å². The van der Waals surface area contributed by atoms with Gasteiger partial charge in [-0.15, -0.1) is 0 Å². The molecule has 1 aromatic carbocycles. The number of aryl methyl sites for hydroxylation is 1. The lowest BCUT2D eigenvalue weighted by molar-refractivity contribution is -0.128. The number of likely N-dealkylation sites (tertiary alicyclic amines) is 1. The van der Waals surface area contributed by atoms with Crippen LogP contribution in [0, 0.1) is 11.7 Å². The average Bonchev–Trinajstić information content (AvgIpc) is 3.28. The van der Waals surface area contributed by atoms with Crippen LogP contribution in [0.2, 0.25) is 0 Å². The Morgan fingerprint density at radius 1 is 1.27 bits per heavy atom. The second-order valence-electron chi connectivity index (χ2n) is 6.28. The van der Waals surface area contributed by atoms with Gasteiger partial charge in [-0.1, -0.05) is 12.1 Å². The lowest BCUT2D eigenvalue weighted by atomic mass is 10.1. The van der Waals surface area contributed by atoms with E-state index in [1.807, 2.05) is 4.90 Å². The van der Waals surface area contributed by atoms with Gasteiger partial charge in [-0.3, -0.25) is 9.59 Å². The predicted molar refractivity (Wildman–Crippen MR) is 80.6 cm³/mol. The van der Waals surface area contributed by atoms with E-state index in [-0.39, 0.29) is 23.5 Å². The van der Waals surface area contributed by atoms with Crippen molar-refractivity contribution in [1.29, 1.82) is 0 Å². The summed E-state index contributed by atoms with van der Waals surface area (Å²) in [4.78, 5) is 25.7. The van der Waals surface area contributed by atoms with Crippen molar-refractivity contribution in [3.63, 3.8) is 0 Å². The standard InChI is InChI=1S/C17H21FN2O2/c18-14-4-1-12(2-5-14)3-8-16(21)19-10-13-9-17(22)20(11-13)15-6-7-15/h1-2,4-5,13,15H,3,6-11H2,(H,19,21). The third-order valence-electron chi connectivity index (χ3n) is 4.37. The topological polar surface area (TPSA) is 49.4 Å². The Bertz CT molecular complexity index is 554. The molecule has 1 unspecified atom stereocenters. The highest BCUT2D eigenvalue weighted by atomic mass is 19.1. The number of carbonyl (C=O) groups is 2. The summed E-state index contributed by atoms with van der Waals surface area (Å²) in [7, 11) is 0. The van der Waals surface area contributed by atoms with E-state index in [0.29, 0.717) is 31.8 Å². The highest BCUT2D eigenvalue weighted by Gasteiger charge is 2.39. The summed E-state index contributed by atoms with van der Waals surface area (Å²) >= 11 is 0. The van der Waals surface area contributed by atoms with E-state index in [4.69, 9.17) is 0 Å². The maximum Gasteiger partial charge on any atom is 0.223 e. The van der Waals surface area contributed by atoms with Crippen LogP contribution in [0.3, 0.4) is 0 Å². The van der Waals surface area contributed by atoms with Gasteiger partial charge in [0.05, 0.1) is 0 Å². The summed E-state index contributed by atoms with van der Waals surface area (Å²) in [5, 5.41) is 2.91. The maximum absolute atomic E-state index is 12.8. The fourth-order valence-electron chi connectivity index (χ4n) is 2.94. The van der Waals surface area contributed by atoms with Crippen molar-refractivity contribution in [2.45, 2.75) is 38.1 Å². The third kappa shape index (κ3) is 3.84. The molecule has 118 valence electrons. The smallest absolute Gasteiger partial charge is 0.223 e. The molecule has 22 heavy (non-hydrogen) atoms. The van der Waals surface area contributed by atoms with Crippen LogP contribution >= 0.6 is 0 Å². The van der Waals surface area contributed by atoms with Crippen LogP contribution in [-0.2, 0) is 16.0 Å². The van der Waals surface area contributed by atoms with Crippen molar-refractivity contribution in [1.82, 2.24) is 10.2 Å².